The van der Waals surface area contributed by atoms with Crippen LogP contribution in [0.15, 0.2) is 48.5 Å². The first-order chi connectivity index (χ1) is 15.1. The van der Waals surface area contributed by atoms with E-state index in [2.05, 4.69) is 5.32 Å². The Morgan fingerprint density at radius 2 is 1.97 bits per heavy atom. The van der Waals surface area contributed by atoms with Gasteiger partial charge in [0.15, 0.2) is 0 Å². The number of nitrogens with one attached hydrogen (secondary N) is 1. The SMILES string of the molecule is [3H]COc1cccc(N2CCN(c3cccc(CC(C(=O)O)[C@H]4CCNC4)c3)C2=O)c1. The van der Waals surface area contributed by atoms with Crippen molar-refractivity contribution in [3.05, 3.63) is 54.1 Å². The summed E-state index contributed by atoms with van der Waals surface area (Å²) < 4.78 is 12.4. The number of carbonyl (C=O) groups is 2. The Morgan fingerprint density at radius 3 is 2.63 bits per heavy atom. The first kappa shape index (κ1) is 18.9. The molecule has 7 nitrogen and oxygen atoms in total. The highest BCUT2D eigenvalue weighted by atomic mass is 16.5. The molecule has 2 N–H and O–H groups in total. The molecule has 0 radical (unpaired) electrons. The van der Waals surface area contributed by atoms with Crippen LogP contribution < -0.4 is 19.9 Å². The summed E-state index contributed by atoms with van der Waals surface area (Å²) in [5, 5.41) is 13.0. The highest BCUT2D eigenvalue weighted by Gasteiger charge is 2.32. The molecule has 2 atom stereocenters. The predicted octanol–water partition coefficient (Wildman–Crippen LogP) is 2.99. The van der Waals surface area contributed by atoms with Gasteiger partial charge in [-0.3, -0.25) is 14.6 Å². The van der Waals surface area contributed by atoms with E-state index in [-0.39, 0.29) is 19.0 Å². The normalized spacial score (nSPS) is 20.3. The zero-order valence-electron chi connectivity index (χ0n) is 17.8. The lowest BCUT2D eigenvalue weighted by atomic mass is 9.86. The van der Waals surface area contributed by atoms with Gasteiger partial charge in [-0.05, 0) is 61.7 Å². The van der Waals surface area contributed by atoms with Crippen LogP contribution in [0, 0.1) is 11.8 Å². The predicted molar refractivity (Wildman–Crippen MR) is 115 cm³/mol. The van der Waals surface area contributed by atoms with Crippen molar-refractivity contribution in [3.8, 4) is 5.75 Å². The Kier molecular flexibility index (Phi) is 5.52. The van der Waals surface area contributed by atoms with Gasteiger partial charge in [-0.1, -0.05) is 18.2 Å². The minimum absolute atomic E-state index is 0.128. The highest BCUT2D eigenvalue weighted by Crippen LogP contribution is 2.29. The molecular weight excluding hydrogens is 382 g/mol. The Hall–Kier alpha value is -3.06. The number of hydrogen-bond donors (Lipinski definition) is 2. The summed E-state index contributed by atoms with van der Waals surface area (Å²) in [7, 11) is -0.176. The van der Waals surface area contributed by atoms with Gasteiger partial charge in [-0.15, -0.1) is 0 Å². The Bertz CT molecular complexity index is 948. The molecule has 4 rings (SSSR count). The van der Waals surface area contributed by atoms with Gasteiger partial charge in [-0.25, -0.2) is 4.79 Å². The number of hydrogen-bond acceptors (Lipinski definition) is 4. The topological polar surface area (TPSA) is 82.1 Å². The lowest BCUT2D eigenvalue weighted by Crippen LogP contribution is -2.32. The van der Waals surface area contributed by atoms with Crippen LogP contribution in [-0.4, -0.2) is 50.4 Å². The van der Waals surface area contributed by atoms with E-state index in [9.17, 15) is 14.7 Å². The summed E-state index contributed by atoms with van der Waals surface area (Å²) in [4.78, 5) is 28.3. The highest BCUT2D eigenvalue weighted by molar-refractivity contribution is 6.06. The van der Waals surface area contributed by atoms with Gasteiger partial charge >= 0.3 is 12.0 Å². The average molecular weight is 411 g/mol. The van der Waals surface area contributed by atoms with Crippen molar-refractivity contribution in [2.24, 2.45) is 11.8 Å². The third kappa shape index (κ3) is 4.11. The summed E-state index contributed by atoms with van der Waals surface area (Å²) in [6, 6.07) is 14.7. The number of amides is 2. The van der Waals surface area contributed by atoms with E-state index in [0.717, 1.165) is 36.4 Å². The van der Waals surface area contributed by atoms with Crippen molar-refractivity contribution in [1.82, 2.24) is 5.32 Å². The monoisotopic (exact) mass is 411 g/mol. The van der Waals surface area contributed by atoms with Crippen LogP contribution in [0.5, 0.6) is 5.75 Å². The maximum absolute atomic E-state index is 13.1. The molecule has 7 heteroatoms. The smallest absolute Gasteiger partial charge is 0.329 e. The molecule has 2 aromatic carbocycles. The number of anilines is 2. The fourth-order valence-corrected chi connectivity index (χ4v) is 4.34. The number of carbonyl (C=O) groups excluding carboxylic acids is 1. The molecule has 2 aliphatic rings. The third-order valence-corrected chi connectivity index (χ3v) is 5.97. The van der Waals surface area contributed by atoms with Gasteiger partial charge in [0.2, 0.25) is 0 Å². The fraction of sp³-hybridized carbons (Fsp3) is 0.391. The molecule has 0 bridgehead atoms. The van der Waals surface area contributed by atoms with Crippen molar-refractivity contribution in [2.75, 3.05) is 43.1 Å². The number of benzene rings is 2. The van der Waals surface area contributed by atoms with Crippen molar-refractivity contribution in [3.63, 3.8) is 0 Å². The number of rotatable bonds is 7. The minimum atomic E-state index is -0.766. The number of carboxylic acid groups (broad SMARTS) is 1. The van der Waals surface area contributed by atoms with E-state index >= 15 is 0 Å². The minimum Gasteiger partial charge on any atom is -0.497 e. The fourth-order valence-electron chi connectivity index (χ4n) is 4.34. The second-order valence-electron chi connectivity index (χ2n) is 7.80. The van der Waals surface area contributed by atoms with Crippen LogP contribution in [0.3, 0.4) is 0 Å². The molecule has 158 valence electrons. The molecule has 0 aromatic heterocycles. The summed E-state index contributed by atoms with van der Waals surface area (Å²) >= 11 is 0. The van der Waals surface area contributed by atoms with E-state index in [0.29, 0.717) is 25.3 Å². The molecule has 2 saturated heterocycles. The van der Waals surface area contributed by atoms with Crippen LogP contribution in [0.2, 0.25) is 0 Å². The molecule has 30 heavy (non-hydrogen) atoms. The summed E-state index contributed by atoms with van der Waals surface area (Å²) in [6.07, 6.45) is 1.33. The second-order valence-corrected chi connectivity index (χ2v) is 7.80. The first-order valence-corrected chi connectivity index (χ1v) is 10.2. The lowest BCUT2D eigenvalue weighted by molar-refractivity contribution is -0.143. The van der Waals surface area contributed by atoms with Crippen molar-refractivity contribution in [1.29, 1.82) is 0 Å². The number of nitrogens with zero attached hydrogens (tertiary/aromatic N) is 2. The van der Waals surface area contributed by atoms with Crippen LogP contribution in [0.1, 0.15) is 13.4 Å². The lowest BCUT2D eigenvalue weighted by Gasteiger charge is -2.21. The van der Waals surface area contributed by atoms with Gasteiger partial charge in [0.05, 0.1) is 14.4 Å². The van der Waals surface area contributed by atoms with Crippen LogP contribution in [-0.2, 0) is 11.2 Å². The zero-order valence-corrected chi connectivity index (χ0v) is 16.8. The van der Waals surface area contributed by atoms with Gasteiger partial charge in [0.25, 0.3) is 0 Å². The standard InChI is InChI=1S/C23H27N3O4/c1-30-20-7-3-6-19(14-20)26-11-10-25(23(26)29)18-5-2-4-16(12-18)13-21(22(27)28)17-8-9-24-15-17/h2-7,12,14,17,21,24H,8-11,13,15H2,1H3,(H,27,28)/t17-,21?/m0/s1/i1T. The number of carboxylic acids is 1. The second kappa shape index (κ2) is 8.75. The van der Waals surface area contributed by atoms with Crippen LogP contribution in [0.25, 0.3) is 0 Å². The first-order valence-electron chi connectivity index (χ1n) is 10.9. The Balaban J connectivity index is 1.49. The molecule has 2 fully saturated rings. The van der Waals surface area contributed by atoms with Gasteiger partial charge < -0.3 is 15.2 Å². The van der Waals surface area contributed by atoms with Crippen LogP contribution >= 0.6 is 0 Å². The molecule has 1 unspecified atom stereocenters. The van der Waals surface area contributed by atoms with E-state index in [4.69, 9.17) is 6.11 Å². The molecular formula is C23H27N3O4. The number of ether oxygens (including phenoxy) is 1. The Morgan fingerprint density at radius 1 is 1.23 bits per heavy atom. The van der Waals surface area contributed by atoms with Crippen LogP contribution in [0.4, 0.5) is 16.2 Å². The van der Waals surface area contributed by atoms with E-state index in [1.54, 1.807) is 28.0 Å². The summed E-state index contributed by atoms with van der Waals surface area (Å²) in [6.45, 7) is 2.68. The molecule has 2 amide bonds. The van der Waals surface area contributed by atoms with Gasteiger partial charge in [0.1, 0.15) is 5.75 Å². The van der Waals surface area contributed by atoms with Crippen molar-refractivity contribution < 1.29 is 20.8 Å². The van der Waals surface area contributed by atoms with Crippen molar-refractivity contribution in [2.45, 2.75) is 12.8 Å². The zero-order chi connectivity index (χ0) is 21.8. The Labute approximate surface area is 177 Å². The summed E-state index contributed by atoms with van der Waals surface area (Å²) in [5.74, 6) is -0.516. The number of methoxy groups -OCH3 is 1. The average Bonchev–Trinajstić information content (AvgIpc) is 3.42. The maximum Gasteiger partial charge on any atom is 0.329 e. The molecule has 0 aliphatic carbocycles. The third-order valence-electron chi connectivity index (χ3n) is 5.97. The van der Waals surface area contributed by atoms with Crippen molar-refractivity contribution >= 4 is 23.4 Å². The number of urea groups is 1. The molecule has 2 aliphatic heterocycles. The van der Waals surface area contributed by atoms with Gasteiger partial charge in [0, 0.05) is 30.5 Å². The maximum atomic E-state index is 13.1. The quantitative estimate of drug-likeness (QED) is 0.732. The van der Waals surface area contributed by atoms with E-state index in [1.807, 2.05) is 30.3 Å². The molecule has 0 spiro atoms. The number of aliphatic carboxylic acids is 1. The molecule has 2 heterocycles. The molecule has 0 saturated carbocycles. The molecule has 2 aromatic rings. The van der Waals surface area contributed by atoms with Gasteiger partial charge in [-0.2, -0.15) is 0 Å². The van der Waals surface area contributed by atoms with E-state index < -0.39 is 11.9 Å². The largest absolute Gasteiger partial charge is 0.497 e. The van der Waals surface area contributed by atoms with E-state index in [1.165, 1.54) is 0 Å². The summed E-state index contributed by atoms with van der Waals surface area (Å²) in [5.41, 5.74) is 2.43.